The van der Waals surface area contributed by atoms with Gasteiger partial charge in [0.1, 0.15) is 0 Å². The van der Waals surface area contributed by atoms with Crippen LogP contribution in [0.3, 0.4) is 0 Å². The summed E-state index contributed by atoms with van der Waals surface area (Å²) < 4.78 is 4.70. The molecule has 0 radical (unpaired) electrons. The van der Waals surface area contributed by atoms with Gasteiger partial charge in [-0.3, -0.25) is 4.79 Å². The quantitative estimate of drug-likeness (QED) is 0.540. The SMILES string of the molecule is COC(=O)C1[C@H](C)C(C)[C@H]1C. The molecule has 2 nitrogen and oxygen atoms in total. The maximum atomic E-state index is 11.1. The van der Waals surface area contributed by atoms with Crippen LogP contribution >= 0.6 is 0 Å². The van der Waals surface area contributed by atoms with Crippen molar-refractivity contribution >= 4 is 5.97 Å². The normalized spacial score (nSPS) is 42.9. The van der Waals surface area contributed by atoms with Crippen LogP contribution in [-0.4, -0.2) is 13.1 Å². The molecule has 2 atom stereocenters. The second-order valence-electron chi connectivity index (χ2n) is 3.63. The molecule has 0 amide bonds. The highest BCUT2D eigenvalue weighted by molar-refractivity contribution is 5.74. The van der Waals surface area contributed by atoms with Crippen molar-refractivity contribution in [3.8, 4) is 0 Å². The summed E-state index contributed by atoms with van der Waals surface area (Å²) in [7, 11) is 1.46. The van der Waals surface area contributed by atoms with Crippen LogP contribution in [-0.2, 0) is 9.53 Å². The summed E-state index contributed by atoms with van der Waals surface area (Å²) in [4.78, 5) is 11.1. The van der Waals surface area contributed by atoms with E-state index in [2.05, 4.69) is 20.8 Å². The molecule has 1 fully saturated rings. The molecular weight excluding hydrogens is 140 g/mol. The summed E-state index contributed by atoms with van der Waals surface area (Å²) in [6.45, 7) is 6.42. The number of carbonyl (C=O) groups is 1. The first-order valence-corrected chi connectivity index (χ1v) is 4.17. The predicted octanol–water partition coefficient (Wildman–Crippen LogP) is 1.70. The van der Waals surface area contributed by atoms with Gasteiger partial charge in [0, 0.05) is 0 Å². The summed E-state index contributed by atoms with van der Waals surface area (Å²) >= 11 is 0. The minimum atomic E-state index is -0.0388. The van der Waals surface area contributed by atoms with Gasteiger partial charge in [0.2, 0.25) is 0 Å². The van der Waals surface area contributed by atoms with E-state index in [1.54, 1.807) is 0 Å². The van der Waals surface area contributed by atoms with Crippen LogP contribution < -0.4 is 0 Å². The lowest BCUT2D eigenvalue weighted by Crippen LogP contribution is -2.46. The maximum Gasteiger partial charge on any atom is 0.309 e. The van der Waals surface area contributed by atoms with E-state index < -0.39 is 0 Å². The lowest BCUT2D eigenvalue weighted by Gasteiger charge is -2.45. The zero-order chi connectivity index (χ0) is 8.59. The first kappa shape index (κ1) is 8.57. The molecule has 0 aromatic rings. The first-order chi connectivity index (χ1) is 5.09. The van der Waals surface area contributed by atoms with Crippen molar-refractivity contribution in [1.82, 2.24) is 0 Å². The van der Waals surface area contributed by atoms with Gasteiger partial charge in [-0.2, -0.15) is 0 Å². The van der Waals surface area contributed by atoms with Crippen molar-refractivity contribution in [3.05, 3.63) is 0 Å². The zero-order valence-electron chi connectivity index (χ0n) is 7.63. The van der Waals surface area contributed by atoms with Crippen LogP contribution in [0.15, 0.2) is 0 Å². The van der Waals surface area contributed by atoms with Gasteiger partial charge < -0.3 is 4.74 Å². The van der Waals surface area contributed by atoms with Gasteiger partial charge in [-0.05, 0) is 17.8 Å². The molecular formula is C9H16O2. The number of esters is 1. The number of rotatable bonds is 1. The third-order valence-electron chi connectivity index (χ3n) is 3.26. The van der Waals surface area contributed by atoms with E-state index in [0.717, 1.165) is 0 Å². The third-order valence-corrected chi connectivity index (χ3v) is 3.26. The van der Waals surface area contributed by atoms with Crippen molar-refractivity contribution < 1.29 is 9.53 Å². The monoisotopic (exact) mass is 156 g/mol. The molecule has 0 N–H and O–H groups in total. The van der Waals surface area contributed by atoms with Gasteiger partial charge in [0.25, 0.3) is 0 Å². The van der Waals surface area contributed by atoms with Gasteiger partial charge in [-0.15, -0.1) is 0 Å². The Labute approximate surface area is 67.9 Å². The lowest BCUT2D eigenvalue weighted by molar-refractivity contribution is -0.159. The standard InChI is InChI=1S/C9H16O2/c1-5-6(2)8(7(5)3)9(10)11-4/h5-8H,1-4H3/t5?,6-,7-,8?/m1/s1. The van der Waals surface area contributed by atoms with Gasteiger partial charge in [-0.25, -0.2) is 0 Å². The summed E-state index contributed by atoms with van der Waals surface area (Å²) in [5.41, 5.74) is 0. The van der Waals surface area contributed by atoms with Crippen molar-refractivity contribution in [1.29, 1.82) is 0 Å². The summed E-state index contributed by atoms with van der Waals surface area (Å²) in [5.74, 6) is 1.77. The molecule has 0 aromatic carbocycles. The molecule has 0 aliphatic heterocycles. The highest BCUT2D eigenvalue weighted by Gasteiger charge is 2.46. The minimum absolute atomic E-state index is 0.0388. The van der Waals surface area contributed by atoms with Crippen LogP contribution in [0.1, 0.15) is 20.8 Å². The second kappa shape index (κ2) is 2.84. The van der Waals surface area contributed by atoms with E-state index in [0.29, 0.717) is 17.8 Å². The Balaban J connectivity index is 2.55. The van der Waals surface area contributed by atoms with Gasteiger partial charge in [-0.1, -0.05) is 20.8 Å². The smallest absolute Gasteiger partial charge is 0.309 e. The lowest BCUT2D eigenvalue weighted by atomic mass is 9.59. The highest BCUT2D eigenvalue weighted by atomic mass is 16.5. The molecule has 1 saturated carbocycles. The van der Waals surface area contributed by atoms with Crippen molar-refractivity contribution in [2.45, 2.75) is 20.8 Å². The van der Waals surface area contributed by atoms with Crippen LogP contribution in [0.25, 0.3) is 0 Å². The Hall–Kier alpha value is -0.530. The molecule has 0 aromatic heterocycles. The van der Waals surface area contributed by atoms with E-state index in [9.17, 15) is 4.79 Å². The van der Waals surface area contributed by atoms with Crippen LogP contribution in [0.5, 0.6) is 0 Å². The molecule has 0 bridgehead atoms. The Morgan fingerprint density at radius 1 is 1.09 bits per heavy atom. The summed E-state index contributed by atoms with van der Waals surface area (Å²) in [6, 6.07) is 0. The predicted molar refractivity (Wildman–Crippen MR) is 43.0 cm³/mol. The molecule has 0 unspecified atom stereocenters. The number of ether oxygens (including phenoxy) is 1. The number of carbonyl (C=O) groups excluding carboxylic acids is 1. The Kier molecular flexibility index (Phi) is 2.21. The van der Waals surface area contributed by atoms with Crippen molar-refractivity contribution in [2.24, 2.45) is 23.7 Å². The van der Waals surface area contributed by atoms with Crippen LogP contribution in [0, 0.1) is 23.7 Å². The first-order valence-electron chi connectivity index (χ1n) is 4.17. The van der Waals surface area contributed by atoms with Crippen molar-refractivity contribution in [3.63, 3.8) is 0 Å². The fourth-order valence-corrected chi connectivity index (χ4v) is 2.03. The van der Waals surface area contributed by atoms with E-state index in [-0.39, 0.29) is 11.9 Å². The van der Waals surface area contributed by atoms with Crippen LogP contribution in [0.4, 0.5) is 0 Å². The van der Waals surface area contributed by atoms with Crippen molar-refractivity contribution in [2.75, 3.05) is 7.11 Å². The van der Waals surface area contributed by atoms with E-state index in [4.69, 9.17) is 4.74 Å². The third kappa shape index (κ3) is 1.15. The Bertz CT molecular complexity index is 155. The molecule has 0 spiro atoms. The van der Waals surface area contributed by atoms with Gasteiger partial charge in [0.05, 0.1) is 13.0 Å². The number of hydrogen-bond donors (Lipinski definition) is 0. The minimum Gasteiger partial charge on any atom is -0.469 e. The van der Waals surface area contributed by atoms with Gasteiger partial charge >= 0.3 is 5.97 Å². The van der Waals surface area contributed by atoms with Gasteiger partial charge in [0.15, 0.2) is 0 Å². The average molecular weight is 156 g/mol. The molecule has 11 heavy (non-hydrogen) atoms. The molecule has 0 saturated heterocycles. The molecule has 1 rings (SSSR count). The average Bonchev–Trinajstić information content (AvgIpc) is 2.04. The Morgan fingerprint density at radius 3 is 1.91 bits per heavy atom. The molecule has 0 heterocycles. The summed E-state index contributed by atoms with van der Waals surface area (Å²) in [6.07, 6.45) is 0. The highest BCUT2D eigenvalue weighted by Crippen LogP contribution is 2.45. The second-order valence-corrected chi connectivity index (χ2v) is 3.63. The van der Waals surface area contributed by atoms with E-state index in [1.165, 1.54) is 7.11 Å². The van der Waals surface area contributed by atoms with E-state index >= 15 is 0 Å². The maximum absolute atomic E-state index is 11.1. The fourth-order valence-electron chi connectivity index (χ4n) is 2.03. The topological polar surface area (TPSA) is 26.3 Å². The summed E-state index contributed by atoms with van der Waals surface area (Å²) in [5, 5.41) is 0. The molecule has 1 aliphatic carbocycles. The molecule has 1 aliphatic rings. The number of hydrogen-bond acceptors (Lipinski definition) is 2. The van der Waals surface area contributed by atoms with E-state index in [1.807, 2.05) is 0 Å². The number of methoxy groups -OCH3 is 1. The largest absolute Gasteiger partial charge is 0.469 e. The zero-order valence-corrected chi connectivity index (χ0v) is 7.63. The fraction of sp³-hybridized carbons (Fsp3) is 0.889. The molecule has 64 valence electrons. The van der Waals surface area contributed by atoms with Crippen LogP contribution in [0.2, 0.25) is 0 Å². The Morgan fingerprint density at radius 2 is 1.55 bits per heavy atom. The molecule has 2 heteroatoms.